The van der Waals surface area contributed by atoms with Gasteiger partial charge in [0.15, 0.2) is 0 Å². The lowest BCUT2D eigenvalue weighted by Gasteiger charge is -2.25. The molecule has 3 nitrogen and oxygen atoms in total. The number of aliphatic hydroxyl groups is 1. The van der Waals surface area contributed by atoms with E-state index in [0.717, 1.165) is 19.4 Å². The summed E-state index contributed by atoms with van der Waals surface area (Å²) in [5.74, 6) is 0.812. The first-order chi connectivity index (χ1) is 9.03. The fraction of sp³-hybridized carbons (Fsp3) is 0.938. The van der Waals surface area contributed by atoms with Crippen molar-refractivity contribution in [3.8, 4) is 0 Å². The average molecular weight is 269 g/mol. The zero-order valence-corrected chi connectivity index (χ0v) is 12.7. The first-order valence-corrected chi connectivity index (χ1v) is 7.91. The number of aliphatic hydroxyl groups excluding tert-OH is 1. The SMILES string of the molecule is CC(C)(CCCO)CNC(=O)CC1CCCCCC1. The van der Waals surface area contributed by atoms with Crippen molar-refractivity contribution in [3.05, 3.63) is 0 Å². The molecule has 1 aliphatic rings. The van der Waals surface area contributed by atoms with E-state index in [2.05, 4.69) is 19.2 Å². The van der Waals surface area contributed by atoms with E-state index in [1.165, 1.54) is 38.5 Å². The molecule has 1 rings (SSSR count). The monoisotopic (exact) mass is 269 g/mol. The molecule has 0 atom stereocenters. The molecule has 2 N–H and O–H groups in total. The molecule has 0 aromatic carbocycles. The van der Waals surface area contributed by atoms with Crippen LogP contribution in [-0.2, 0) is 4.79 Å². The fourth-order valence-electron chi connectivity index (χ4n) is 2.89. The predicted molar refractivity (Wildman–Crippen MR) is 78.9 cm³/mol. The minimum absolute atomic E-state index is 0.0852. The highest BCUT2D eigenvalue weighted by atomic mass is 16.2. The van der Waals surface area contributed by atoms with E-state index in [-0.39, 0.29) is 17.9 Å². The molecule has 0 aromatic heterocycles. The van der Waals surface area contributed by atoms with Crippen molar-refractivity contribution in [3.63, 3.8) is 0 Å². The lowest BCUT2D eigenvalue weighted by Crippen LogP contribution is -2.35. The van der Waals surface area contributed by atoms with Crippen LogP contribution < -0.4 is 5.32 Å². The molecule has 0 spiro atoms. The van der Waals surface area contributed by atoms with Crippen LogP contribution in [-0.4, -0.2) is 24.2 Å². The molecule has 112 valence electrons. The van der Waals surface area contributed by atoms with Gasteiger partial charge in [-0.3, -0.25) is 4.79 Å². The van der Waals surface area contributed by atoms with Crippen LogP contribution in [0.3, 0.4) is 0 Å². The van der Waals surface area contributed by atoms with Crippen molar-refractivity contribution >= 4 is 5.91 Å². The Labute approximate surface area is 118 Å². The summed E-state index contributed by atoms with van der Waals surface area (Å²) >= 11 is 0. The number of carbonyl (C=O) groups excluding carboxylic acids is 1. The van der Waals surface area contributed by atoms with E-state index < -0.39 is 0 Å². The second-order valence-corrected chi connectivity index (χ2v) is 6.83. The molecule has 0 saturated heterocycles. The zero-order chi connectivity index (χ0) is 14.1. The highest BCUT2D eigenvalue weighted by Crippen LogP contribution is 2.25. The second kappa shape index (κ2) is 8.57. The quantitative estimate of drug-likeness (QED) is 0.697. The molecule has 3 heteroatoms. The minimum Gasteiger partial charge on any atom is -0.396 e. The van der Waals surface area contributed by atoms with Gasteiger partial charge in [0, 0.05) is 19.6 Å². The minimum atomic E-state index is 0.0852. The Bertz CT molecular complexity index is 255. The van der Waals surface area contributed by atoms with E-state index in [4.69, 9.17) is 5.11 Å². The highest BCUT2D eigenvalue weighted by Gasteiger charge is 2.20. The average Bonchev–Trinajstić information content (AvgIpc) is 2.63. The molecule has 19 heavy (non-hydrogen) atoms. The zero-order valence-electron chi connectivity index (χ0n) is 12.7. The maximum atomic E-state index is 12.0. The Morgan fingerprint density at radius 1 is 1.21 bits per heavy atom. The summed E-state index contributed by atoms with van der Waals surface area (Å²) in [5.41, 5.74) is 0.0852. The predicted octanol–water partition coefficient (Wildman–Crippen LogP) is 3.26. The van der Waals surface area contributed by atoms with Crippen LogP contribution in [0.5, 0.6) is 0 Å². The Balaban J connectivity index is 2.22. The van der Waals surface area contributed by atoms with Crippen LogP contribution in [0, 0.1) is 11.3 Å². The third kappa shape index (κ3) is 7.56. The molecule has 0 aromatic rings. The fourth-order valence-corrected chi connectivity index (χ4v) is 2.89. The molecule has 0 unspecified atom stereocenters. The van der Waals surface area contributed by atoms with Gasteiger partial charge in [-0.1, -0.05) is 39.5 Å². The van der Waals surface area contributed by atoms with Crippen molar-refractivity contribution in [2.45, 2.75) is 71.6 Å². The number of hydrogen-bond donors (Lipinski definition) is 2. The van der Waals surface area contributed by atoms with E-state index in [1.54, 1.807) is 0 Å². The molecule has 1 aliphatic carbocycles. The Morgan fingerprint density at radius 3 is 2.42 bits per heavy atom. The number of amides is 1. The van der Waals surface area contributed by atoms with Gasteiger partial charge in [-0.25, -0.2) is 0 Å². The highest BCUT2D eigenvalue weighted by molar-refractivity contribution is 5.76. The molecule has 1 saturated carbocycles. The first-order valence-electron chi connectivity index (χ1n) is 7.91. The van der Waals surface area contributed by atoms with Gasteiger partial charge >= 0.3 is 0 Å². The Kier molecular flexibility index (Phi) is 7.44. The summed E-state index contributed by atoms with van der Waals surface area (Å²) in [6.07, 6.45) is 10.2. The summed E-state index contributed by atoms with van der Waals surface area (Å²) in [7, 11) is 0. The molecular formula is C16H31NO2. The summed E-state index contributed by atoms with van der Waals surface area (Å²) in [6.45, 7) is 5.25. The molecule has 0 heterocycles. The second-order valence-electron chi connectivity index (χ2n) is 6.83. The summed E-state index contributed by atoms with van der Waals surface area (Å²) in [6, 6.07) is 0. The van der Waals surface area contributed by atoms with Gasteiger partial charge in [0.25, 0.3) is 0 Å². The Morgan fingerprint density at radius 2 is 1.84 bits per heavy atom. The van der Waals surface area contributed by atoms with Crippen LogP contribution in [0.1, 0.15) is 71.6 Å². The largest absolute Gasteiger partial charge is 0.396 e. The third-order valence-corrected chi connectivity index (χ3v) is 4.22. The summed E-state index contributed by atoms with van der Waals surface area (Å²) < 4.78 is 0. The van der Waals surface area contributed by atoms with E-state index >= 15 is 0 Å². The van der Waals surface area contributed by atoms with Crippen molar-refractivity contribution in [1.29, 1.82) is 0 Å². The maximum Gasteiger partial charge on any atom is 0.220 e. The van der Waals surface area contributed by atoms with Crippen LogP contribution in [0.25, 0.3) is 0 Å². The van der Waals surface area contributed by atoms with Crippen LogP contribution in [0.4, 0.5) is 0 Å². The molecule has 0 bridgehead atoms. The smallest absolute Gasteiger partial charge is 0.220 e. The van der Waals surface area contributed by atoms with Gasteiger partial charge in [-0.2, -0.15) is 0 Å². The number of nitrogens with one attached hydrogen (secondary N) is 1. The van der Waals surface area contributed by atoms with Crippen LogP contribution in [0.2, 0.25) is 0 Å². The van der Waals surface area contributed by atoms with Crippen molar-refractivity contribution in [2.75, 3.05) is 13.2 Å². The van der Waals surface area contributed by atoms with E-state index in [1.807, 2.05) is 0 Å². The van der Waals surface area contributed by atoms with Gasteiger partial charge in [-0.15, -0.1) is 0 Å². The van der Waals surface area contributed by atoms with Crippen LogP contribution >= 0.6 is 0 Å². The summed E-state index contributed by atoms with van der Waals surface area (Å²) in [4.78, 5) is 12.0. The first kappa shape index (κ1) is 16.5. The molecular weight excluding hydrogens is 238 g/mol. The van der Waals surface area contributed by atoms with E-state index in [0.29, 0.717) is 12.3 Å². The number of hydrogen-bond acceptors (Lipinski definition) is 2. The topological polar surface area (TPSA) is 49.3 Å². The van der Waals surface area contributed by atoms with Gasteiger partial charge < -0.3 is 10.4 Å². The van der Waals surface area contributed by atoms with Crippen molar-refractivity contribution < 1.29 is 9.90 Å². The van der Waals surface area contributed by atoms with Crippen LogP contribution in [0.15, 0.2) is 0 Å². The van der Waals surface area contributed by atoms with Crippen molar-refractivity contribution in [1.82, 2.24) is 5.32 Å². The van der Waals surface area contributed by atoms with Gasteiger partial charge in [0.1, 0.15) is 0 Å². The Hall–Kier alpha value is -0.570. The molecule has 0 radical (unpaired) electrons. The number of rotatable bonds is 7. The lowest BCUT2D eigenvalue weighted by molar-refractivity contribution is -0.122. The molecule has 1 fully saturated rings. The lowest BCUT2D eigenvalue weighted by atomic mass is 9.87. The third-order valence-electron chi connectivity index (χ3n) is 4.22. The van der Waals surface area contributed by atoms with E-state index in [9.17, 15) is 4.79 Å². The van der Waals surface area contributed by atoms with Gasteiger partial charge in [0.05, 0.1) is 0 Å². The maximum absolute atomic E-state index is 12.0. The van der Waals surface area contributed by atoms with Crippen molar-refractivity contribution in [2.24, 2.45) is 11.3 Å². The normalized spacial score (nSPS) is 18.1. The summed E-state index contributed by atoms with van der Waals surface area (Å²) in [5, 5.41) is 11.9. The molecule has 0 aliphatic heterocycles. The van der Waals surface area contributed by atoms with Gasteiger partial charge in [-0.05, 0) is 37.0 Å². The number of carbonyl (C=O) groups is 1. The molecule has 1 amide bonds. The van der Waals surface area contributed by atoms with Gasteiger partial charge in [0.2, 0.25) is 5.91 Å². The standard InChI is InChI=1S/C16H31NO2/c1-16(2,10-7-11-18)13-17-15(19)12-14-8-5-3-4-6-9-14/h14,18H,3-13H2,1-2H3,(H,17,19).